The summed E-state index contributed by atoms with van der Waals surface area (Å²) in [5, 5.41) is 3.07. The van der Waals surface area contributed by atoms with Crippen LogP contribution in [0.5, 0.6) is 23.0 Å². The molecule has 190 valence electrons. The van der Waals surface area contributed by atoms with Crippen LogP contribution in [0.15, 0.2) is 24.3 Å². The Labute approximate surface area is 206 Å². The van der Waals surface area contributed by atoms with Gasteiger partial charge in [0, 0.05) is 25.2 Å². The van der Waals surface area contributed by atoms with Crippen molar-refractivity contribution in [2.24, 2.45) is 0 Å². The minimum atomic E-state index is -0.440. The largest absolute Gasteiger partial charge is 0.497 e. The Kier molecular flexibility index (Phi) is 8.20. The third-order valence-corrected chi connectivity index (χ3v) is 6.55. The molecule has 0 unspecified atom stereocenters. The van der Waals surface area contributed by atoms with E-state index >= 15 is 0 Å². The topological polar surface area (TPSA) is 87.7 Å². The van der Waals surface area contributed by atoms with Crippen molar-refractivity contribution in [2.75, 3.05) is 67.9 Å². The van der Waals surface area contributed by atoms with Gasteiger partial charge in [-0.2, -0.15) is 0 Å². The number of ether oxygens (including phenoxy) is 6. The summed E-state index contributed by atoms with van der Waals surface area (Å²) < 4.78 is 33.4. The first kappa shape index (κ1) is 24.9. The number of nitrogens with zero attached hydrogens (tertiary/aromatic N) is 1. The number of hydrogen-bond donors (Lipinski definition) is 1. The molecule has 2 aromatic rings. The minimum absolute atomic E-state index is 0.273. The molecule has 1 amide bonds. The van der Waals surface area contributed by atoms with Crippen molar-refractivity contribution in [3.63, 3.8) is 0 Å². The van der Waals surface area contributed by atoms with E-state index in [9.17, 15) is 4.79 Å². The van der Waals surface area contributed by atoms with E-state index in [1.165, 1.54) is 0 Å². The Balaban J connectivity index is 1.61. The third-order valence-electron chi connectivity index (χ3n) is 6.55. The van der Waals surface area contributed by atoms with E-state index in [2.05, 4.69) is 10.2 Å². The van der Waals surface area contributed by atoms with Gasteiger partial charge in [-0.15, -0.1) is 0 Å². The molecular weight excluding hydrogens is 452 g/mol. The van der Waals surface area contributed by atoms with Crippen LogP contribution in [0.25, 0.3) is 11.1 Å². The fraction of sp³-hybridized carbons (Fsp3) is 0.500. The molecule has 9 nitrogen and oxygen atoms in total. The lowest BCUT2D eigenvalue weighted by atomic mass is 9.93. The molecule has 1 N–H and O–H groups in total. The van der Waals surface area contributed by atoms with Crippen molar-refractivity contribution >= 4 is 6.09 Å². The molecule has 0 bridgehead atoms. The number of fused-ring (bicyclic) bond motifs is 3. The highest BCUT2D eigenvalue weighted by Gasteiger charge is 2.30. The zero-order chi connectivity index (χ0) is 24.8. The Morgan fingerprint density at radius 1 is 1.03 bits per heavy atom. The molecule has 0 aromatic heterocycles. The Bertz CT molecular complexity index is 1040. The molecule has 0 saturated carbocycles. The van der Waals surface area contributed by atoms with Gasteiger partial charge in [-0.1, -0.05) is 6.07 Å². The summed E-state index contributed by atoms with van der Waals surface area (Å²) in [7, 11) is 6.45. The molecular formula is C26H34N2O7. The zero-order valence-corrected chi connectivity index (χ0v) is 20.8. The zero-order valence-electron chi connectivity index (χ0n) is 20.8. The van der Waals surface area contributed by atoms with Gasteiger partial charge in [-0.25, -0.2) is 4.79 Å². The van der Waals surface area contributed by atoms with E-state index in [0.717, 1.165) is 35.3 Å². The second-order valence-electron chi connectivity index (χ2n) is 8.46. The third kappa shape index (κ3) is 5.41. The van der Waals surface area contributed by atoms with Crippen LogP contribution in [0.1, 0.15) is 23.6 Å². The second kappa shape index (κ2) is 11.5. The predicted octanol–water partition coefficient (Wildman–Crippen LogP) is 3.43. The Morgan fingerprint density at radius 2 is 1.80 bits per heavy atom. The van der Waals surface area contributed by atoms with E-state index in [0.29, 0.717) is 62.2 Å². The number of carbonyl (C=O) groups is 1. The van der Waals surface area contributed by atoms with Gasteiger partial charge in [0.1, 0.15) is 12.4 Å². The van der Waals surface area contributed by atoms with Gasteiger partial charge in [0.05, 0.1) is 47.7 Å². The van der Waals surface area contributed by atoms with Crippen molar-refractivity contribution < 1.29 is 33.2 Å². The average Bonchev–Trinajstić information content (AvgIpc) is 3.04. The molecule has 1 heterocycles. The van der Waals surface area contributed by atoms with Crippen molar-refractivity contribution in [3.8, 4) is 34.1 Å². The maximum absolute atomic E-state index is 12.8. The van der Waals surface area contributed by atoms with E-state index in [-0.39, 0.29) is 6.04 Å². The van der Waals surface area contributed by atoms with Crippen LogP contribution in [0.2, 0.25) is 0 Å². The lowest BCUT2D eigenvalue weighted by Gasteiger charge is -2.26. The van der Waals surface area contributed by atoms with Crippen LogP contribution in [-0.2, 0) is 15.9 Å². The molecule has 0 spiro atoms. The molecule has 1 saturated heterocycles. The summed E-state index contributed by atoms with van der Waals surface area (Å²) in [5.41, 5.74) is 3.84. The molecule has 1 fully saturated rings. The number of benzene rings is 2. The number of rotatable bonds is 8. The van der Waals surface area contributed by atoms with Gasteiger partial charge in [0.2, 0.25) is 5.75 Å². The van der Waals surface area contributed by atoms with Crippen LogP contribution < -0.4 is 24.3 Å². The smallest absolute Gasteiger partial charge is 0.407 e. The summed E-state index contributed by atoms with van der Waals surface area (Å²) in [5.74, 6) is 2.44. The highest BCUT2D eigenvalue weighted by Crippen LogP contribution is 2.50. The molecule has 1 aliphatic heterocycles. The normalized spacial score (nSPS) is 17.4. The average molecular weight is 487 g/mol. The number of carbonyl (C=O) groups excluding carboxylic acids is 1. The Hall–Kier alpha value is -3.17. The lowest BCUT2D eigenvalue weighted by molar-refractivity contribution is 0.0279. The first-order chi connectivity index (χ1) is 17.1. The molecule has 2 aliphatic rings. The van der Waals surface area contributed by atoms with Crippen LogP contribution >= 0.6 is 0 Å². The van der Waals surface area contributed by atoms with Crippen LogP contribution in [-0.4, -0.2) is 78.9 Å². The molecule has 2 aromatic carbocycles. The van der Waals surface area contributed by atoms with Crippen molar-refractivity contribution in [3.05, 3.63) is 35.4 Å². The van der Waals surface area contributed by atoms with Crippen molar-refractivity contribution in [1.82, 2.24) is 10.2 Å². The second-order valence-corrected chi connectivity index (χ2v) is 8.46. The number of amides is 1. The summed E-state index contributed by atoms with van der Waals surface area (Å²) in [4.78, 5) is 15.0. The quantitative estimate of drug-likeness (QED) is 0.607. The minimum Gasteiger partial charge on any atom is -0.497 e. The highest BCUT2D eigenvalue weighted by molar-refractivity contribution is 5.83. The van der Waals surface area contributed by atoms with Gasteiger partial charge < -0.3 is 33.7 Å². The van der Waals surface area contributed by atoms with Gasteiger partial charge in [-0.05, 0) is 47.7 Å². The number of methoxy groups -OCH3 is 4. The number of alkyl carbamates (subject to hydrolysis) is 1. The summed E-state index contributed by atoms with van der Waals surface area (Å²) in [6.07, 6.45) is 0.927. The summed E-state index contributed by atoms with van der Waals surface area (Å²) in [6, 6.07) is 7.56. The van der Waals surface area contributed by atoms with E-state index < -0.39 is 6.09 Å². The van der Waals surface area contributed by atoms with Gasteiger partial charge >= 0.3 is 6.09 Å². The Morgan fingerprint density at radius 3 is 2.49 bits per heavy atom. The van der Waals surface area contributed by atoms with Gasteiger partial charge in [0.15, 0.2) is 11.5 Å². The SMILES string of the molecule is COc1ccc2c(c1)[C@@H](NC(=O)OCCN1CCOCC1)CCc1cc(OC)c(OC)c(OC)c1-2. The highest BCUT2D eigenvalue weighted by atomic mass is 16.5. The molecule has 0 radical (unpaired) electrons. The van der Waals surface area contributed by atoms with E-state index in [4.69, 9.17) is 28.4 Å². The molecule has 1 atom stereocenters. The van der Waals surface area contributed by atoms with Crippen LogP contribution in [0, 0.1) is 0 Å². The van der Waals surface area contributed by atoms with Gasteiger partial charge in [0.25, 0.3) is 0 Å². The molecule has 4 rings (SSSR count). The molecule has 1 aliphatic carbocycles. The van der Waals surface area contributed by atoms with Crippen LogP contribution in [0.3, 0.4) is 0 Å². The fourth-order valence-electron chi connectivity index (χ4n) is 4.76. The van der Waals surface area contributed by atoms with Crippen molar-refractivity contribution in [1.29, 1.82) is 0 Å². The fourth-order valence-corrected chi connectivity index (χ4v) is 4.76. The first-order valence-corrected chi connectivity index (χ1v) is 11.8. The maximum atomic E-state index is 12.8. The molecule has 9 heteroatoms. The monoisotopic (exact) mass is 486 g/mol. The first-order valence-electron chi connectivity index (χ1n) is 11.8. The number of morpholine rings is 1. The lowest BCUT2D eigenvalue weighted by Crippen LogP contribution is -2.39. The van der Waals surface area contributed by atoms with Gasteiger partial charge in [-0.3, -0.25) is 4.90 Å². The van der Waals surface area contributed by atoms with E-state index in [1.807, 2.05) is 24.3 Å². The van der Waals surface area contributed by atoms with E-state index in [1.54, 1.807) is 28.4 Å². The maximum Gasteiger partial charge on any atom is 0.407 e. The number of nitrogens with one attached hydrogen (secondary N) is 1. The number of aryl methyl sites for hydroxylation is 1. The number of hydrogen-bond acceptors (Lipinski definition) is 8. The van der Waals surface area contributed by atoms with Crippen molar-refractivity contribution in [2.45, 2.75) is 18.9 Å². The summed E-state index contributed by atoms with van der Waals surface area (Å²) in [6.45, 7) is 4.15. The molecule has 35 heavy (non-hydrogen) atoms. The standard InChI is InChI=1S/C26H34N2O7/c1-30-18-6-7-19-20(16-18)21(27-26(29)35-14-11-28-9-12-34-13-10-28)8-5-17-15-22(31-2)24(32-3)25(33-4)23(17)19/h6-7,15-16,21H,5,8-14H2,1-4H3,(H,27,29)/t21-/m0/s1. The summed E-state index contributed by atoms with van der Waals surface area (Å²) >= 11 is 0. The predicted molar refractivity (Wildman–Crippen MR) is 131 cm³/mol. The van der Waals surface area contributed by atoms with Crippen LogP contribution in [0.4, 0.5) is 4.79 Å².